The number of halogens is 1. The lowest BCUT2D eigenvalue weighted by Gasteiger charge is -2.14. The monoisotopic (exact) mass is 372 g/mol. The van der Waals surface area contributed by atoms with Crippen molar-refractivity contribution in [2.24, 2.45) is 5.92 Å². The molecule has 2 aromatic carbocycles. The van der Waals surface area contributed by atoms with E-state index in [4.69, 9.17) is 0 Å². The molecule has 118 valence electrons. The van der Waals surface area contributed by atoms with Gasteiger partial charge in [-0.15, -0.1) is 0 Å². The maximum atomic E-state index is 12.3. The predicted octanol–water partition coefficient (Wildman–Crippen LogP) is 4.39. The van der Waals surface area contributed by atoms with E-state index in [2.05, 4.69) is 26.6 Å². The summed E-state index contributed by atoms with van der Waals surface area (Å²) in [4.78, 5) is 24.4. The van der Waals surface area contributed by atoms with Crippen LogP contribution in [0, 0.1) is 5.92 Å². The van der Waals surface area contributed by atoms with Crippen LogP contribution in [0.1, 0.15) is 35.7 Å². The second-order valence-electron chi connectivity index (χ2n) is 5.97. The van der Waals surface area contributed by atoms with Gasteiger partial charge in [-0.05, 0) is 53.9 Å². The summed E-state index contributed by atoms with van der Waals surface area (Å²) in [6, 6.07) is 12.7. The maximum Gasteiger partial charge on any atom is 0.255 e. The van der Waals surface area contributed by atoms with Gasteiger partial charge >= 0.3 is 0 Å². The lowest BCUT2D eigenvalue weighted by molar-refractivity contribution is -0.117. The minimum atomic E-state index is -0.172. The highest BCUT2D eigenvalue weighted by Gasteiger charge is 2.33. The number of hydrogen-bond donors (Lipinski definition) is 2. The Hall–Kier alpha value is -2.14. The van der Waals surface area contributed by atoms with E-state index in [9.17, 15) is 9.59 Å². The quantitative estimate of drug-likeness (QED) is 0.838. The Balaban J connectivity index is 1.84. The van der Waals surface area contributed by atoms with Gasteiger partial charge in [-0.2, -0.15) is 0 Å². The first-order chi connectivity index (χ1) is 11.0. The molecule has 1 atom stereocenters. The van der Waals surface area contributed by atoms with E-state index >= 15 is 0 Å². The van der Waals surface area contributed by atoms with E-state index in [1.165, 1.54) is 0 Å². The number of benzene rings is 2. The van der Waals surface area contributed by atoms with Crippen molar-refractivity contribution in [3.05, 3.63) is 58.1 Å². The van der Waals surface area contributed by atoms with Gasteiger partial charge in [-0.1, -0.05) is 29.8 Å². The maximum absolute atomic E-state index is 12.3. The fourth-order valence-corrected chi connectivity index (χ4v) is 3.09. The lowest BCUT2D eigenvalue weighted by atomic mass is 9.89. The Morgan fingerprint density at radius 2 is 1.87 bits per heavy atom. The Kier molecular flexibility index (Phi) is 4.22. The zero-order chi connectivity index (χ0) is 16.6. The summed E-state index contributed by atoms with van der Waals surface area (Å²) in [6.45, 7) is 4.04. The van der Waals surface area contributed by atoms with Gasteiger partial charge in [-0.3, -0.25) is 9.59 Å². The van der Waals surface area contributed by atoms with Crippen LogP contribution in [-0.4, -0.2) is 11.8 Å². The number of amides is 2. The first-order valence-electron chi connectivity index (χ1n) is 7.47. The molecule has 2 amide bonds. The van der Waals surface area contributed by atoms with Crippen LogP contribution in [0.15, 0.2) is 46.9 Å². The molecule has 1 aliphatic heterocycles. The van der Waals surface area contributed by atoms with Gasteiger partial charge in [0, 0.05) is 21.4 Å². The van der Waals surface area contributed by atoms with Crippen molar-refractivity contribution in [2.45, 2.75) is 19.8 Å². The van der Waals surface area contributed by atoms with Crippen molar-refractivity contribution >= 4 is 39.1 Å². The first kappa shape index (κ1) is 15.7. The number of nitrogens with one attached hydrogen (secondary N) is 2. The fraction of sp³-hybridized carbons (Fsp3) is 0.222. The standard InChI is InChI=1S/C18H17BrN2O2/c1-10(2)16-14-9-13(7-8-15(14)21-18(16)23)20-17(22)11-3-5-12(19)6-4-11/h3-10,16H,1-2H3,(H,20,22)(H,21,23). The Morgan fingerprint density at radius 3 is 2.52 bits per heavy atom. The largest absolute Gasteiger partial charge is 0.325 e. The summed E-state index contributed by atoms with van der Waals surface area (Å²) in [7, 11) is 0. The van der Waals surface area contributed by atoms with Crippen LogP contribution in [0.2, 0.25) is 0 Å². The van der Waals surface area contributed by atoms with E-state index in [-0.39, 0.29) is 23.7 Å². The highest BCUT2D eigenvalue weighted by molar-refractivity contribution is 9.10. The number of anilines is 2. The number of hydrogen-bond acceptors (Lipinski definition) is 2. The molecule has 0 radical (unpaired) electrons. The minimum absolute atomic E-state index is 0.0198. The molecule has 0 aromatic heterocycles. The van der Waals surface area contributed by atoms with Gasteiger partial charge in [-0.25, -0.2) is 0 Å². The molecule has 0 saturated carbocycles. The van der Waals surface area contributed by atoms with Gasteiger partial charge < -0.3 is 10.6 Å². The van der Waals surface area contributed by atoms with Crippen LogP contribution in [0.25, 0.3) is 0 Å². The summed E-state index contributed by atoms with van der Waals surface area (Å²) < 4.78 is 0.927. The second-order valence-corrected chi connectivity index (χ2v) is 6.89. The molecule has 0 fully saturated rings. The second kappa shape index (κ2) is 6.16. The summed E-state index contributed by atoms with van der Waals surface area (Å²) in [5, 5.41) is 5.78. The molecule has 23 heavy (non-hydrogen) atoms. The summed E-state index contributed by atoms with van der Waals surface area (Å²) in [5.41, 5.74) is 3.05. The predicted molar refractivity (Wildman–Crippen MR) is 94.7 cm³/mol. The van der Waals surface area contributed by atoms with E-state index in [1.807, 2.05) is 38.1 Å². The van der Waals surface area contributed by atoms with Crippen LogP contribution < -0.4 is 10.6 Å². The molecule has 4 nitrogen and oxygen atoms in total. The van der Waals surface area contributed by atoms with Crippen molar-refractivity contribution in [2.75, 3.05) is 10.6 Å². The molecule has 2 aromatic rings. The molecule has 5 heteroatoms. The first-order valence-corrected chi connectivity index (χ1v) is 8.27. The Morgan fingerprint density at radius 1 is 1.17 bits per heavy atom. The third-order valence-electron chi connectivity index (χ3n) is 3.96. The molecule has 1 unspecified atom stereocenters. The molecular formula is C18H17BrN2O2. The molecule has 0 saturated heterocycles. The van der Waals surface area contributed by atoms with Crippen molar-refractivity contribution in [3.8, 4) is 0 Å². The number of carbonyl (C=O) groups is 2. The van der Waals surface area contributed by atoms with Crippen molar-refractivity contribution < 1.29 is 9.59 Å². The van der Waals surface area contributed by atoms with Gasteiger partial charge in [0.2, 0.25) is 5.91 Å². The summed E-state index contributed by atoms with van der Waals surface area (Å²) >= 11 is 3.35. The number of carbonyl (C=O) groups excluding carboxylic acids is 2. The number of rotatable bonds is 3. The van der Waals surface area contributed by atoms with Crippen LogP contribution >= 0.6 is 15.9 Å². The molecule has 0 bridgehead atoms. The van der Waals surface area contributed by atoms with Crippen LogP contribution in [0.5, 0.6) is 0 Å². The molecule has 1 heterocycles. The van der Waals surface area contributed by atoms with Gasteiger partial charge in [0.1, 0.15) is 0 Å². The van der Waals surface area contributed by atoms with Crippen molar-refractivity contribution in [1.82, 2.24) is 0 Å². The van der Waals surface area contributed by atoms with Crippen molar-refractivity contribution in [3.63, 3.8) is 0 Å². The average Bonchev–Trinajstić information content (AvgIpc) is 2.83. The van der Waals surface area contributed by atoms with E-state index in [0.717, 1.165) is 15.7 Å². The zero-order valence-corrected chi connectivity index (χ0v) is 14.5. The minimum Gasteiger partial charge on any atom is -0.325 e. The third-order valence-corrected chi connectivity index (χ3v) is 4.49. The zero-order valence-electron chi connectivity index (χ0n) is 12.9. The Labute approximate surface area is 143 Å². The Bertz CT molecular complexity index is 769. The lowest BCUT2D eigenvalue weighted by Crippen LogP contribution is -2.17. The molecule has 3 rings (SSSR count). The SMILES string of the molecule is CC(C)C1C(=O)Nc2ccc(NC(=O)c3ccc(Br)cc3)cc21. The molecule has 0 aliphatic carbocycles. The summed E-state index contributed by atoms with van der Waals surface area (Å²) in [6.07, 6.45) is 0. The van der Waals surface area contributed by atoms with Crippen LogP contribution in [-0.2, 0) is 4.79 Å². The summed E-state index contributed by atoms with van der Waals surface area (Å²) in [5.74, 6) is -0.120. The molecule has 0 spiro atoms. The molecular weight excluding hydrogens is 356 g/mol. The average molecular weight is 373 g/mol. The highest BCUT2D eigenvalue weighted by Crippen LogP contribution is 2.38. The smallest absolute Gasteiger partial charge is 0.255 e. The van der Waals surface area contributed by atoms with Gasteiger partial charge in [0.15, 0.2) is 0 Å². The molecule has 1 aliphatic rings. The van der Waals surface area contributed by atoms with Gasteiger partial charge in [0.05, 0.1) is 5.92 Å². The fourth-order valence-electron chi connectivity index (χ4n) is 2.83. The van der Waals surface area contributed by atoms with E-state index in [1.54, 1.807) is 18.2 Å². The third kappa shape index (κ3) is 3.15. The topological polar surface area (TPSA) is 58.2 Å². The van der Waals surface area contributed by atoms with Crippen LogP contribution in [0.4, 0.5) is 11.4 Å². The van der Waals surface area contributed by atoms with Crippen molar-refractivity contribution in [1.29, 1.82) is 0 Å². The molecule has 2 N–H and O–H groups in total. The number of fused-ring (bicyclic) bond motifs is 1. The van der Waals surface area contributed by atoms with E-state index < -0.39 is 0 Å². The van der Waals surface area contributed by atoms with Crippen LogP contribution in [0.3, 0.4) is 0 Å². The van der Waals surface area contributed by atoms with Gasteiger partial charge in [0.25, 0.3) is 5.91 Å². The normalized spacial score (nSPS) is 16.2. The highest BCUT2D eigenvalue weighted by atomic mass is 79.9. The van der Waals surface area contributed by atoms with E-state index in [0.29, 0.717) is 11.3 Å².